The molecule has 6 nitrogen and oxygen atoms in total. The van der Waals surface area contributed by atoms with E-state index < -0.39 is 0 Å². The van der Waals surface area contributed by atoms with Crippen LogP contribution in [0.25, 0.3) is 0 Å². The molecule has 144 valence electrons. The van der Waals surface area contributed by atoms with Crippen LogP contribution in [0.2, 0.25) is 0 Å². The van der Waals surface area contributed by atoms with Gasteiger partial charge in [-0.1, -0.05) is 0 Å². The van der Waals surface area contributed by atoms with Crippen molar-refractivity contribution in [3.05, 3.63) is 0 Å². The summed E-state index contributed by atoms with van der Waals surface area (Å²) in [6, 6.07) is 0. The van der Waals surface area contributed by atoms with Crippen molar-refractivity contribution < 1.29 is 9.53 Å². The molecule has 3 aliphatic heterocycles. The third-order valence-corrected chi connectivity index (χ3v) is 6.31. The van der Waals surface area contributed by atoms with Crippen molar-refractivity contribution in [3.8, 4) is 0 Å². The van der Waals surface area contributed by atoms with E-state index in [4.69, 9.17) is 4.74 Å². The van der Waals surface area contributed by atoms with Crippen LogP contribution in [0, 0.1) is 5.92 Å². The van der Waals surface area contributed by atoms with E-state index in [0.29, 0.717) is 18.6 Å². The fourth-order valence-corrected chi connectivity index (χ4v) is 4.35. The molecule has 25 heavy (non-hydrogen) atoms. The van der Waals surface area contributed by atoms with Gasteiger partial charge in [-0.05, 0) is 51.7 Å². The number of amides is 1. The molecule has 3 saturated heterocycles. The number of likely N-dealkylation sites (N-methyl/N-ethyl adjacent to an activating group) is 1. The molecule has 0 atom stereocenters. The van der Waals surface area contributed by atoms with E-state index in [1.165, 1.54) is 45.6 Å². The van der Waals surface area contributed by atoms with Crippen LogP contribution >= 0.6 is 0 Å². The fourth-order valence-electron chi connectivity index (χ4n) is 4.35. The summed E-state index contributed by atoms with van der Waals surface area (Å²) in [5, 5.41) is 0. The summed E-state index contributed by atoms with van der Waals surface area (Å²) in [5.74, 6) is 1.12. The van der Waals surface area contributed by atoms with E-state index in [2.05, 4.69) is 21.7 Å². The zero-order valence-electron chi connectivity index (χ0n) is 16.2. The lowest BCUT2D eigenvalue weighted by molar-refractivity contribution is -0.135. The van der Waals surface area contributed by atoms with Crippen molar-refractivity contribution >= 4 is 5.91 Å². The predicted molar refractivity (Wildman–Crippen MR) is 99.7 cm³/mol. The number of ether oxygens (including phenoxy) is 1. The van der Waals surface area contributed by atoms with Gasteiger partial charge in [0.25, 0.3) is 0 Å². The quantitative estimate of drug-likeness (QED) is 0.724. The average molecular weight is 353 g/mol. The maximum Gasteiger partial charge on any atom is 0.236 e. The lowest BCUT2D eigenvalue weighted by Crippen LogP contribution is -2.49. The van der Waals surface area contributed by atoms with Crippen LogP contribution in [0.15, 0.2) is 0 Å². The first-order valence-electron chi connectivity index (χ1n) is 10.1. The maximum absolute atomic E-state index is 12.5. The van der Waals surface area contributed by atoms with Crippen LogP contribution in [0.1, 0.15) is 25.7 Å². The zero-order valence-corrected chi connectivity index (χ0v) is 16.2. The number of piperidine rings is 2. The molecule has 0 aromatic rings. The molecule has 0 radical (unpaired) electrons. The summed E-state index contributed by atoms with van der Waals surface area (Å²) >= 11 is 0. The van der Waals surface area contributed by atoms with Crippen molar-refractivity contribution in [2.45, 2.75) is 31.8 Å². The Kier molecular flexibility index (Phi) is 7.10. The van der Waals surface area contributed by atoms with Gasteiger partial charge in [0.15, 0.2) is 0 Å². The number of piperazine rings is 1. The Morgan fingerprint density at radius 2 is 1.52 bits per heavy atom. The van der Waals surface area contributed by atoms with Crippen molar-refractivity contribution in [3.63, 3.8) is 0 Å². The van der Waals surface area contributed by atoms with Crippen LogP contribution in [0.3, 0.4) is 0 Å². The number of likely N-dealkylation sites (tertiary alicyclic amines) is 2. The molecule has 0 N–H and O–H groups in total. The molecule has 1 amide bonds. The van der Waals surface area contributed by atoms with Gasteiger partial charge < -0.3 is 19.4 Å². The number of nitrogens with zero attached hydrogens (tertiary/aromatic N) is 4. The van der Waals surface area contributed by atoms with Gasteiger partial charge in [0.2, 0.25) is 5.91 Å². The topological polar surface area (TPSA) is 39.3 Å². The summed E-state index contributed by atoms with van der Waals surface area (Å²) in [6.07, 6.45) is 4.79. The number of hydrogen-bond donors (Lipinski definition) is 0. The Labute approximate surface area is 153 Å². The van der Waals surface area contributed by atoms with Gasteiger partial charge in [-0.3, -0.25) is 9.69 Å². The highest BCUT2D eigenvalue weighted by Gasteiger charge is 2.27. The highest BCUT2D eigenvalue weighted by Crippen LogP contribution is 2.20. The average Bonchev–Trinajstić information content (AvgIpc) is 2.65. The van der Waals surface area contributed by atoms with Gasteiger partial charge in [-0.15, -0.1) is 0 Å². The maximum atomic E-state index is 12.5. The fraction of sp³-hybridized carbons (Fsp3) is 0.947. The molecule has 0 aromatic heterocycles. The second-order valence-electron chi connectivity index (χ2n) is 8.14. The van der Waals surface area contributed by atoms with Crippen LogP contribution in [-0.2, 0) is 9.53 Å². The second kappa shape index (κ2) is 9.31. The molecule has 0 spiro atoms. The molecular weight excluding hydrogens is 316 g/mol. The molecule has 0 saturated carbocycles. The molecule has 3 aliphatic rings. The number of rotatable bonds is 5. The predicted octanol–water partition coefficient (Wildman–Crippen LogP) is 0.583. The van der Waals surface area contributed by atoms with Crippen molar-refractivity contribution in [2.24, 2.45) is 5.92 Å². The van der Waals surface area contributed by atoms with E-state index in [-0.39, 0.29) is 0 Å². The molecule has 6 heteroatoms. The first-order valence-corrected chi connectivity index (χ1v) is 10.1. The Hall–Kier alpha value is -0.690. The Morgan fingerprint density at radius 3 is 2.12 bits per heavy atom. The second-order valence-corrected chi connectivity index (χ2v) is 8.14. The zero-order chi connectivity index (χ0) is 17.6. The highest BCUT2D eigenvalue weighted by molar-refractivity contribution is 5.78. The third kappa shape index (κ3) is 5.64. The first-order chi connectivity index (χ1) is 12.1. The van der Waals surface area contributed by atoms with Crippen LogP contribution in [0.5, 0.6) is 0 Å². The molecule has 3 fully saturated rings. The van der Waals surface area contributed by atoms with E-state index in [1.54, 1.807) is 7.11 Å². The summed E-state index contributed by atoms with van der Waals surface area (Å²) < 4.78 is 5.39. The van der Waals surface area contributed by atoms with Crippen LogP contribution in [0.4, 0.5) is 0 Å². The Morgan fingerprint density at radius 1 is 0.880 bits per heavy atom. The molecule has 3 heterocycles. The van der Waals surface area contributed by atoms with Crippen molar-refractivity contribution in [2.75, 3.05) is 79.6 Å². The molecule has 0 unspecified atom stereocenters. The molecular formula is C19H36N4O2. The van der Waals surface area contributed by atoms with Gasteiger partial charge in [-0.2, -0.15) is 0 Å². The lowest BCUT2D eigenvalue weighted by Gasteiger charge is -2.38. The van der Waals surface area contributed by atoms with Gasteiger partial charge in [0.05, 0.1) is 12.6 Å². The SMILES string of the molecule is COC1CCN(C(=O)CN2CCC(CN3CCN(C)CC3)CC2)CC1. The normalized spacial score (nSPS) is 26.2. The van der Waals surface area contributed by atoms with E-state index >= 15 is 0 Å². The third-order valence-electron chi connectivity index (χ3n) is 6.31. The Balaban J connectivity index is 1.33. The van der Waals surface area contributed by atoms with Gasteiger partial charge in [0, 0.05) is 52.9 Å². The molecule has 0 aromatic carbocycles. The van der Waals surface area contributed by atoms with Gasteiger partial charge in [-0.25, -0.2) is 0 Å². The van der Waals surface area contributed by atoms with Gasteiger partial charge >= 0.3 is 0 Å². The molecule has 0 bridgehead atoms. The highest BCUT2D eigenvalue weighted by atomic mass is 16.5. The van der Waals surface area contributed by atoms with E-state index in [9.17, 15) is 4.79 Å². The molecule has 0 aliphatic carbocycles. The minimum absolute atomic E-state index is 0.312. The number of methoxy groups -OCH3 is 1. The van der Waals surface area contributed by atoms with Gasteiger partial charge in [0.1, 0.15) is 0 Å². The summed E-state index contributed by atoms with van der Waals surface area (Å²) in [6.45, 7) is 10.6. The number of hydrogen-bond acceptors (Lipinski definition) is 5. The standard InChI is InChI=1S/C19H36N4O2/c1-20-11-13-22(14-12-20)15-17-3-7-21(8-4-17)16-19(24)23-9-5-18(25-2)6-10-23/h17-18H,3-16H2,1-2H3. The summed E-state index contributed by atoms with van der Waals surface area (Å²) in [4.78, 5) is 22.0. The first kappa shape index (κ1) is 19.1. The van der Waals surface area contributed by atoms with Crippen molar-refractivity contribution in [1.29, 1.82) is 0 Å². The smallest absolute Gasteiger partial charge is 0.236 e. The van der Waals surface area contributed by atoms with Crippen LogP contribution < -0.4 is 0 Å². The summed E-state index contributed by atoms with van der Waals surface area (Å²) in [5.41, 5.74) is 0. The minimum atomic E-state index is 0.312. The monoisotopic (exact) mass is 352 g/mol. The van der Waals surface area contributed by atoms with Crippen molar-refractivity contribution in [1.82, 2.24) is 19.6 Å². The number of carbonyl (C=O) groups is 1. The minimum Gasteiger partial charge on any atom is -0.381 e. The summed E-state index contributed by atoms with van der Waals surface area (Å²) in [7, 11) is 3.99. The van der Waals surface area contributed by atoms with Crippen LogP contribution in [-0.4, -0.2) is 111 Å². The Bertz CT molecular complexity index is 410. The lowest BCUT2D eigenvalue weighted by atomic mass is 9.96. The van der Waals surface area contributed by atoms with E-state index in [1.807, 2.05) is 4.90 Å². The molecule has 3 rings (SSSR count). The largest absolute Gasteiger partial charge is 0.381 e. The number of carbonyl (C=O) groups excluding carboxylic acids is 1. The van der Waals surface area contributed by atoms with E-state index in [0.717, 1.165) is 44.9 Å².